The average Bonchev–Trinajstić information content (AvgIpc) is 3.27. The van der Waals surface area contributed by atoms with Crippen LogP contribution in [-0.2, 0) is 6.54 Å². The van der Waals surface area contributed by atoms with Gasteiger partial charge in [-0.15, -0.1) is 11.3 Å². The van der Waals surface area contributed by atoms with Gasteiger partial charge in [-0.05, 0) is 41.3 Å². The molecular weight excluding hydrogens is 434 g/mol. The summed E-state index contributed by atoms with van der Waals surface area (Å²) in [6.45, 7) is 2.99. The van der Waals surface area contributed by atoms with Crippen molar-refractivity contribution in [3.05, 3.63) is 76.3 Å². The summed E-state index contributed by atoms with van der Waals surface area (Å²) in [6, 6.07) is 14.6. The van der Waals surface area contributed by atoms with E-state index in [4.69, 9.17) is 11.6 Å². The van der Waals surface area contributed by atoms with E-state index in [1.807, 2.05) is 30.3 Å². The van der Waals surface area contributed by atoms with Crippen LogP contribution in [0.25, 0.3) is 0 Å². The normalized spacial score (nSPS) is 13.7. The Morgan fingerprint density at radius 2 is 1.81 bits per heavy atom. The molecule has 2 N–H and O–H groups in total. The molecule has 1 aliphatic rings. The Morgan fingerprint density at radius 3 is 2.52 bits per heavy atom. The third-order valence-electron chi connectivity index (χ3n) is 5.04. The smallest absolute Gasteiger partial charge is 0.322 e. The summed E-state index contributed by atoms with van der Waals surface area (Å²) in [6.07, 6.45) is 1.77. The van der Waals surface area contributed by atoms with Gasteiger partial charge in [-0.3, -0.25) is 10.1 Å². The third-order valence-corrected chi connectivity index (χ3v) is 6.12. The molecule has 1 aromatic carbocycles. The van der Waals surface area contributed by atoms with Gasteiger partial charge in [0, 0.05) is 43.9 Å². The lowest BCUT2D eigenvalue weighted by atomic mass is 10.2. The van der Waals surface area contributed by atoms with E-state index in [9.17, 15) is 9.59 Å². The molecule has 4 rings (SSSR count). The molecule has 160 valence electrons. The highest BCUT2D eigenvalue weighted by atomic mass is 35.5. The Labute approximate surface area is 189 Å². The number of hydrogen-bond acceptors (Lipinski definition) is 5. The summed E-state index contributed by atoms with van der Waals surface area (Å²) in [5, 5.41) is 8.77. The maximum absolute atomic E-state index is 12.7. The molecule has 3 heterocycles. The number of carbonyl (C=O) groups is 2. The van der Waals surface area contributed by atoms with E-state index >= 15 is 0 Å². The van der Waals surface area contributed by atoms with Crippen LogP contribution < -0.4 is 15.5 Å². The van der Waals surface area contributed by atoms with Crippen molar-refractivity contribution in [3.63, 3.8) is 0 Å². The van der Waals surface area contributed by atoms with Crippen molar-refractivity contribution >= 4 is 45.7 Å². The Hall–Kier alpha value is -3.10. The maximum Gasteiger partial charge on any atom is 0.322 e. The minimum absolute atomic E-state index is 0.199. The largest absolute Gasteiger partial charge is 0.353 e. The number of piperazine rings is 1. The predicted molar refractivity (Wildman–Crippen MR) is 124 cm³/mol. The molecule has 0 unspecified atom stereocenters. The first kappa shape index (κ1) is 21.1. The maximum atomic E-state index is 12.7. The quantitative estimate of drug-likeness (QED) is 0.607. The summed E-state index contributed by atoms with van der Waals surface area (Å²) >= 11 is 7.23. The zero-order valence-corrected chi connectivity index (χ0v) is 18.3. The Kier molecular flexibility index (Phi) is 6.69. The van der Waals surface area contributed by atoms with Gasteiger partial charge in [-0.25, -0.2) is 9.78 Å². The monoisotopic (exact) mass is 455 g/mol. The number of benzene rings is 1. The van der Waals surface area contributed by atoms with Crippen LogP contribution in [0.1, 0.15) is 15.9 Å². The van der Waals surface area contributed by atoms with E-state index in [1.165, 1.54) is 11.3 Å². The second-order valence-electron chi connectivity index (χ2n) is 7.06. The predicted octanol–water partition coefficient (Wildman–Crippen LogP) is 4.08. The lowest BCUT2D eigenvalue weighted by Gasteiger charge is -2.35. The number of carbonyl (C=O) groups excluding carboxylic acids is 2. The molecule has 0 saturated carbocycles. The first-order valence-corrected chi connectivity index (χ1v) is 11.2. The van der Waals surface area contributed by atoms with Crippen LogP contribution in [0.3, 0.4) is 0 Å². The fraction of sp³-hybridized carbons (Fsp3) is 0.227. The van der Waals surface area contributed by atoms with Crippen molar-refractivity contribution in [2.24, 2.45) is 0 Å². The Bertz CT molecular complexity index is 1030. The molecular formula is C22H22ClN5O2S. The van der Waals surface area contributed by atoms with E-state index in [-0.39, 0.29) is 11.9 Å². The summed E-state index contributed by atoms with van der Waals surface area (Å²) in [4.78, 5) is 33.6. The van der Waals surface area contributed by atoms with Crippen molar-refractivity contribution in [1.29, 1.82) is 0 Å². The van der Waals surface area contributed by atoms with Gasteiger partial charge >= 0.3 is 6.03 Å². The summed E-state index contributed by atoms with van der Waals surface area (Å²) in [5.74, 6) is 0.687. The molecule has 1 aliphatic heterocycles. The molecule has 0 spiro atoms. The Morgan fingerprint density at radius 1 is 1.03 bits per heavy atom. The molecule has 1 saturated heterocycles. The lowest BCUT2D eigenvalue weighted by Crippen LogP contribution is -2.50. The molecule has 7 nitrogen and oxygen atoms in total. The number of urea groups is 1. The van der Waals surface area contributed by atoms with Crippen molar-refractivity contribution in [3.8, 4) is 0 Å². The molecule has 0 atom stereocenters. The van der Waals surface area contributed by atoms with E-state index in [1.54, 1.807) is 34.7 Å². The molecule has 3 amide bonds. The number of hydrogen-bond donors (Lipinski definition) is 2. The second-order valence-corrected chi connectivity index (χ2v) is 8.42. The van der Waals surface area contributed by atoms with Gasteiger partial charge in [0.2, 0.25) is 0 Å². The summed E-state index contributed by atoms with van der Waals surface area (Å²) < 4.78 is 0. The molecule has 2 aromatic heterocycles. The topological polar surface area (TPSA) is 77.6 Å². The van der Waals surface area contributed by atoms with Crippen LogP contribution in [0.4, 0.5) is 15.6 Å². The highest BCUT2D eigenvalue weighted by molar-refractivity contribution is 7.14. The van der Waals surface area contributed by atoms with Gasteiger partial charge in [-0.2, -0.15) is 0 Å². The van der Waals surface area contributed by atoms with Crippen LogP contribution in [0, 0.1) is 0 Å². The number of amides is 3. The number of thiophene rings is 1. The number of nitrogens with zero attached hydrogens (tertiary/aromatic N) is 3. The van der Waals surface area contributed by atoms with Crippen molar-refractivity contribution in [1.82, 2.24) is 15.2 Å². The lowest BCUT2D eigenvalue weighted by molar-refractivity contribution is 0.0952. The van der Waals surface area contributed by atoms with Crippen LogP contribution in [-0.4, -0.2) is 48.0 Å². The fourth-order valence-corrected chi connectivity index (χ4v) is 4.22. The van der Waals surface area contributed by atoms with E-state index in [2.05, 4.69) is 20.5 Å². The van der Waals surface area contributed by atoms with Crippen molar-refractivity contribution in [2.75, 3.05) is 36.4 Å². The standard InChI is InChI=1S/C22H22ClN5O2S/c23-17-6-4-16(5-7-17)15-25-20(29)18-8-14-31-21(18)26-22(30)28-12-10-27(11-13-28)19-3-1-2-9-24-19/h1-9,14H,10-13,15H2,(H,25,29)(H,26,30). The first-order valence-electron chi connectivity index (χ1n) is 9.92. The van der Waals surface area contributed by atoms with Gasteiger partial charge in [0.15, 0.2) is 0 Å². The molecule has 31 heavy (non-hydrogen) atoms. The average molecular weight is 456 g/mol. The molecule has 9 heteroatoms. The van der Waals surface area contributed by atoms with Crippen LogP contribution in [0.2, 0.25) is 5.02 Å². The minimum Gasteiger partial charge on any atom is -0.353 e. The summed E-state index contributed by atoms with van der Waals surface area (Å²) in [5.41, 5.74) is 1.41. The fourth-order valence-electron chi connectivity index (χ4n) is 3.32. The number of pyridine rings is 1. The number of anilines is 2. The van der Waals surface area contributed by atoms with Gasteiger partial charge in [0.1, 0.15) is 10.8 Å². The Balaban J connectivity index is 1.31. The molecule has 0 bridgehead atoms. The molecule has 0 radical (unpaired) electrons. The van der Waals surface area contributed by atoms with Crippen LogP contribution in [0.5, 0.6) is 0 Å². The van der Waals surface area contributed by atoms with Gasteiger partial charge < -0.3 is 15.1 Å². The summed E-state index contributed by atoms with van der Waals surface area (Å²) in [7, 11) is 0. The third kappa shape index (κ3) is 5.34. The number of rotatable bonds is 5. The molecule has 3 aromatic rings. The number of nitrogens with one attached hydrogen (secondary N) is 2. The molecule has 0 aliphatic carbocycles. The highest BCUT2D eigenvalue weighted by Gasteiger charge is 2.23. The van der Waals surface area contributed by atoms with E-state index < -0.39 is 0 Å². The van der Waals surface area contributed by atoms with Gasteiger partial charge in [0.25, 0.3) is 5.91 Å². The number of aromatic nitrogens is 1. The zero-order valence-electron chi connectivity index (χ0n) is 16.8. The molecule has 1 fully saturated rings. The highest BCUT2D eigenvalue weighted by Crippen LogP contribution is 2.24. The zero-order chi connectivity index (χ0) is 21.6. The SMILES string of the molecule is O=C(NCc1ccc(Cl)cc1)c1ccsc1NC(=O)N1CCN(c2ccccn2)CC1. The van der Waals surface area contributed by atoms with Crippen molar-refractivity contribution < 1.29 is 9.59 Å². The van der Waals surface area contributed by atoms with Crippen LogP contribution in [0.15, 0.2) is 60.1 Å². The first-order chi connectivity index (χ1) is 15.1. The van der Waals surface area contributed by atoms with Gasteiger partial charge in [-0.1, -0.05) is 29.8 Å². The van der Waals surface area contributed by atoms with E-state index in [0.717, 1.165) is 11.4 Å². The second kappa shape index (κ2) is 9.80. The minimum atomic E-state index is -0.230. The van der Waals surface area contributed by atoms with Gasteiger partial charge in [0.05, 0.1) is 5.56 Å². The van der Waals surface area contributed by atoms with Crippen molar-refractivity contribution in [2.45, 2.75) is 6.54 Å². The van der Waals surface area contributed by atoms with E-state index in [0.29, 0.717) is 48.3 Å². The number of halogens is 1. The van der Waals surface area contributed by atoms with Crippen LogP contribution >= 0.6 is 22.9 Å².